The Labute approximate surface area is 102 Å². The minimum absolute atomic E-state index is 1.17. The highest BCUT2D eigenvalue weighted by atomic mass is 31.2. The number of hydrogen-bond acceptors (Lipinski definition) is 4. The van der Waals surface area contributed by atoms with Crippen molar-refractivity contribution in [1.82, 2.24) is 0 Å². The Morgan fingerprint density at radius 3 is 0.882 bits per heavy atom. The van der Waals surface area contributed by atoms with Gasteiger partial charge in [-0.1, -0.05) is 26.3 Å². The van der Waals surface area contributed by atoms with E-state index in [0.29, 0.717) is 0 Å². The average Bonchev–Trinajstić information content (AvgIpc) is 2.37. The number of rotatable bonds is 8. The lowest BCUT2D eigenvalue weighted by molar-refractivity contribution is 0.206. The molecule has 96 valence electrons. The first kappa shape index (κ1) is 16.2. The maximum atomic E-state index is 9.98. The highest BCUT2D eigenvalue weighted by Gasteiger charge is 2.59. The summed E-state index contributed by atoms with van der Waals surface area (Å²) in [4.78, 5) is 0. The van der Waals surface area contributed by atoms with E-state index >= 15 is 0 Å². The normalized spacial score (nSPS) is 21.4. The molecule has 0 amide bonds. The minimum atomic E-state index is -3.11. The number of aliphatic hydroxyl groups excluding tert-OH is 4. The fourth-order valence-corrected chi connectivity index (χ4v) is 5.01. The van der Waals surface area contributed by atoms with Crippen LogP contribution in [0, 0.1) is 0 Å². The van der Waals surface area contributed by atoms with Gasteiger partial charge in [0, 0.05) is 0 Å². The molecule has 0 spiro atoms. The molecule has 0 bridgehead atoms. The zero-order valence-corrected chi connectivity index (χ0v) is 10.6. The Morgan fingerprint density at radius 1 is 0.588 bits per heavy atom. The maximum absolute atomic E-state index is 9.98. The second-order valence-electron chi connectivity index (χ2n) is 3.49. The molecule has 0 aromatic heterocycles. The molecule has 0 heterocycles. The summed E-state index contributed by atoms with van der Waals surface area (Å²) in [5, 5.41) is 39.9. The van der Waals surface area contributed by atoms with Crippen molar-refractivity contribution in [3.63, 3.8) is 0 Å². The molecule has 0 saturated carbocycles. The second kappa shape index (κ2) is 6.84. The van der Waals surface area contributed by atoms with Crippen LogP contribution in [0.25, 0.3) is 0 Å². The molecule has 4 nitrogen and oxygen atoms in total. The van der Waals surface area contributed by atoms with Gasteiger partial charge in [-0.15, -0.1) is 0 Å². The van der Waals surface area contributed by atoms with E-state index in [1.165, 1.54) is 24.3 Å². The van der Waals surface area contributed by atoms with E-state index in [2.05, 4.69) is 26.3 Å². The van der Waals surface area contributed by atoms with Crippen LogP contribution in [0.3, 0.4) is 0 Å². The molecule has 4 atom stereocenters. The van der Waals surface area contributed by atoms with E-state index in [9.17, 15) is 20.4 Å². The molecule has 0 saturated heterocycles. The van der Waals surface area contributed by atoms with Crippen molar-refractivity contribution in [2.24, 2.45) is 0 Å². The van der Waals surface area contributed by atoms with Crippen LogP contribution >= 0.6 is 7.26 Å². The standard InChI is InChI=1S/C12H20O4P/c1-5-9(13)17(10(14)6-2,11(15)7-3)12(16)8-4/h5-16H,1-4H2/q+1. The first-order valence-corrected chi connectivity index (χ1v) is 7.10. The van der Waals surface area contributed by atoms with Crippen LogP contribution in [0.1, 0.15) is 0 Å². The van der Waals surface area contributed by atoms with E-state index in [4.69, 9.17) is 0 Å². The molecule has 0 aliphatic rings. The summed E-state index contributed by atoms with van der Waals surface area (Å²) in [5.74, 6) is -5.01. The molecular formula is C12H20O4P+. The molecule has 0 rings (SSSR count). The van der Waals surface area contributed by atoms with Crippen molar-refractivity contribution in [1.29, 1.82) is 0 Å². The van der Waals surface area contributed by atoms with E-state index in [1.54, 1.807) is 0 Å². The minimum Gasteiger partial charge on any atom is -0.356 e. The Morgan fingerprint density at radius 2 is 0.765 bits per heavy atom. The fraction of sp³-hybridized carbons (Fsp3) is 0.333. The van der Waals surface area contributed by atoms with Gasteiger partial charge in [0.1, 0.15) is 7.26 Å². The number of aliphatic hydroxyl groups is 4. The van der Waals surface area contributed by atoms with Gasteiger partial charge in [0.15, 0.2) is 23.4 Å². The van der Waals surface area contributed by atoms with Gasteiger partial charge < -0.3 is 20.4 Å². The van der Waals surface area contributed by atoms with Crippen molar-refractivity contribution in [2.45, 2.75) is 23.4 Å². The maximum Gasteiger partial charge on any atom is 0.191 e. The Hall–Kier alpha value is -0.770. The highest BCUT2D eigenvalue weighted by molar-refractivity contribution is 7.78. The van der Waals surface area contributed by atoms with Gasteiger partial charge in [0.25, 0.3) is 0 Å². The third kappa shape index (κ3) is 2.73. The van der Waals surface area contributed by atoms with Crippen LogP contribution < -0.4 is 0 Å². The van der Waals surface area contributed by atoms with Crippen molar-refractivity contribution in [3.8, 4) is 0 Å². The molecule has 0 aromatic rings. The van der Waals surface area contributed by atoms with Crippen molar-refractivity contribution in [3.05, 3.63) is 50.6 Å². The molecule has 0 fully saturated rings. The van der Waals surface area contributed by atoms with Gasteiger partial charge >= 0.3 is 0 Å². The van der Waals surface area contributed by atoms with Crippen LogP contribution in [-0.4, -0.2) is 43.8 Å². The van der Waals surface area contributed by atoms with Crippen molar-refractivity contribution >= 4 is 7.26 Å². The Bertz CT molecular complexity index is 241. The summed E-state index contributed by atoms with van der Waals surface area (Å²) in [6.45, 7) is 13.7. The summed E-state index contributed by atoms with van der Waals surface area (Å²) in [5.41, 5.74) is 0. The van der Waals surface area contributed by atoms with E-state index in [0.717, 1.165) is 0 Å². The predicted molar refractivity (Wildman–Crippen MR) is 71.7 cm³/mol. The first-order chi connectivity index (χ1) is 7.93. The largest absolute Gasteiger partial charge is 0.356 e. The summed E-state index contributed by atoms with van der Waals surface area (Å²) < 4.78 is 0. The molecule has 0 aliphatic heterocycles. The van der Waals surface area contributed by atoms with Crippen molar-refractivity contribution in [2.75, 3.05) is 0 Å². The van der Waals surface area contributed by atoms with E-state index in [1.807, 2.05) is 0 Å². The van der Waals surface area contributed by atoms with Gasteiger partial charge in [0.2, 0.25) is 0 Å². The summed E-state index contributed by atoms with van der Waals surface area (Å²) in [7, 11) is -3.11. The quantitative estimate of drug-likeness (QED) is 0.387. The summed E-state index contributed by atoms with van der Waals surface area (Å²) in [6.07, 6.45) is 4.67. The smallest absolute Gasteiger partial charge is 0.191 e. The molecular weight excluding hydrogens is 239 g/mol. The molecule has 5 heteroatoms. The van der Waals surface area contributed by atoms with Crippen LogP contribution in [0.5, 0.6) is 0 Å². The highest BCUT2D eigenvalue weighted by Crippen LogP contribution is 2.72. The van der Waals surface area contributed by atoms with Gasteiger partial charge in [-0.2, -0.15) is 0 Å². The van der Waals surface area contributed by atoms with Gasteiger partial charge in [-0.25, -0.2) is 0 Å². The van der Waals surface area contributed by atoms with Crippen LogP contribution in [0.2, 0.25) is 0 Å². The third-order valence-electron chi connectivity index (χ3n) is 2.68. The molecule has 4 N–H and O–H groups in total. The second-order valence-corrected chi connectivity index (χ2v) is 7.40. The molecule has 17 heavy (non-hydrogen) atoms. The lowest BCUT2D eigenvalue weighted by Gasteiger charge is -2.37. The molecule has 0 aromatic carbocycles. The molecule has 0 aliphatic carbocycles. The zero-order chi connectivity index (χ0) is 13.6. The lowest BCUT2D eigenvalue weighted by atomic mass is 10.6. The topological polar surface area (TPSA) is 80.9 Å². The van der Waals surface area contributed by atoms with Crippen LogP contribution in [0.4, 0.5) is 0 Å². The molecule has 0 radical (unpaired) electrons. The Kier molecular flexibility index (Phi) is 6.53. The fourth-order valence-electron chi connectivity index (χ4n) is 1.67. The first-order valence-electron chi connectivity index (χ1n) is 5.03. The summed E-state index contributed by atoms with van der Waals surface area (Å²) >= 11 is 0. The van der Waals surface area contributed by atoms with E-state index < -0.39 is 30.6 Å². The van der Waals surface area contributed by atoms with Crippen molar-refractivity contribution < 1.29 is 20.4 Å². The van der Waals surface area contributed by atoms with Gasteiger partial charge in [-0.3, -0.25) is 0 Å². The zero-order valence-electron chi connectivity index (χ0n) is 9.68. The Balaban J connectivity index is 5.84. The van der Waals surface area contributed by atoms with Gasteiger partial charge in [-0.05, 0) is 24.3 Å². The van der Waals surface area contributed by atoms with Crippen LogP contribution in [0.15, 0.2) is 50.6 Å². The lowest BCUT2D eigenvalue weighted by Crippen LogP contribution is -2.36. The number of hydrogen-bond donors (Lipinski definition) is 4. The third-order valence-corrected chi connectivity index (χ3v) is 7.18. The monoisotopic (exact) mass is 259 g/mol. The van der Waals surface area contributed by atoms with Gasteiger partial charge in [0.05, 0.1) is 0 Å². The van der Waals surface area contributed by atoms with E-state index in [-0.39, 0.29) is 0 Å². The predicted octanol–water partition coefficient (Wildman–Crippen LogP) is 1.02. The van der Waals surface area contributed by atoms with Crippen LogP contribution in [-0.2, 0) is 0 Å². The SMILES string of the molecule is C=CC(O)[P+](C(O)C=C)(C(O)C=C)C(O)C=C. The average molecular weight is 259 g/mol. The summed E-state index contributed by atoms with van der Waals surface area (Å²) in [6, 6.07) is 0. The molecule has 4 unspecified atom stereocenters.